The second-order valence-corrected chi connectivity index (χ2v) is 4.94. The summed E-state index contributed by atoms with van der Waals surface area (Å²) >= 11 is 5.17. The summed E-state index contributed by atoms with van der Waals surface area (Å²) in [5.41, 5.74) is 0.949. The second-order valence-electron chi connectivity index (χ2n) is 4.55. The van der Waals surface area contributed by atoms with Gasteiger partial charge in [0.05, 0.1) is 0 Å². The largest absolute Gasteiger partial charge is 0.507 e. The topological polar surface area (TPSA) is 61.8 Å². The summed E-state index contributed by atoms with van der Waals surface area (Å²) in [6, 6.07) is 6.83. The zero-order valence-electron chi connectivity index (χ0n) is 11.8. The lowest BCUT2D eigenvalue weighted by atomic mass is 10.1. The van der Waals surface area contributed by atoms with Crippen molar-refractivity contribution < 1.29 is 14.6 Å². The molecule has 1 aromatic rings. The fraction of sp³-hybridized carbons (Fsp3) is 0.333. The molecule has 0 bridgehead atoms. The lowest BCUT2D eigenvalue weighted by molar-refractivity contribution is -0.122. The van der Waals surface area contributed by atoms with Crippen molar-refractivity contribution in [3.8, 4) is 5.75 Å². The molecular formula is C15H18N2O3S. The average molecular weight is 306 g/mol. The average Bonchev–Trinajstić information content (AvgIpc) is 2.73. The van der Waals surface area contributed by atoms with Crippen LogP contribution in [-0.2, 0) is 9.53 Å². The number of carbonyl (C=O) groups excluding carboxylic acids is 1. The monoisotopic (exact) mass is 306 g/mol. The number of para-hydroxylation sites is 1. The highest BCUT2D eigenvalue weighted by Crippen LogP contribution is 2.21. The molecule has 1 saturated heterocycles. The Morgan fingerprint density at radius 3 is 2.90 bits per heavy atom. The van der Waals surface area contributed by atoms with Gasteiger partial charge in [0.15, 0.2) is 5.11 Å². The zero-order valence-corrected chi connectivity index (χ0v) is 12.7. The smallest absolute Gasteiger partial charge is 0.276 e. The Kier molecular flexibility index (Phi) is 5.30. The van der Waals surface area contributed by atoms with Gasteiger partial charge in [-0.25, -0.2) is 0 Å². The van der Waals surface area contributed by atoms with Crippen molar-refractivity contribution >= 4 is 29.3 Å². The molecule has 2 N–H and O–H groups in total. The minimum atomic E-state index is -0.181. The minimum absolute atomic E-state index is 0.125. The van der Waals surface area contributed by atoms with Gasteiger partial charge in [-0.15, -0.1) is 0 Å². The number of phenols is 1. The SMILES string of the molecule is CCOCCCN1C(=O)/C(=C\c2ccccc2O)NC1=S. The van der Waals surface area contributed by atoms with Crippen molar-refractivity contribution in [1.82, 2.24) is 10.2 Å². The van der Waals surface area contributed by atoms with Crippen LogP contribution in [0, 0.1) is 0 Å². The Labute approximate surface area is 129 Å². The Balaban J connectivity index is 2.06. The maximum absolute atomic E-state index is 12.3. The van der Waals surface area contributed by atoms with Crippen molar-refractivity contribution in [3.63, 3.8) is 0 Å². The molecule has 1 aliphatic heterocycles. The molecule has 1 aromatic carbocycles. The van der Waals surface area contributed by atoms with Crippen LogP contribution in [0.5, 0.6) is 5.75 Å². The number of nitrogens with zero attached hydrogens (tertiary/aromatic N) is 1. The molecule has 21 heavy (non-hydrogen) atoms. The zero-order chi connectivity index (χ0) is 15.2. The van der Waals surface area contributed by atoms with Crippen LogP contribution in [0.3, 0.4) is 0 Å². The molecule has 1 amide bonds. The number of thiocarbonyl (C=S) groups is 1. The molecule has 0 radical (unpaired) electrons. The summed E-state index contributed by atoms with van der Waals surface area (Å²) in [6.07, 6.45) is 2.33. The van der Waals surface area contributed by atoms with Gasteiger partial charge in [-0.2, -0.15) is 0 Å². The van der Waals surface area contributed by atoms with Crippen LogP contribution in [0.1, 0.15) is 18.9 Å². The fourth-order valence-corrected chi connectivity index (χ4v) is 2.29. The van der Waals surface area contributed by atoms with Gasteiger partial charge in [0.1, 0.15) is 11.4 Å². The van der Waals surface area contributed by atoms with E-state index >= 15 is 0 Å². The molecule has 1 fully saturated rings. The molecule has 6 heteroatoms. The second kappa shape index (κ2) is 7.19. The number of rotatable bonds is 6. The van der Waals surface area contributed by atoms with Crippen molar-refractivity contribution in [1.29, 1.82) is 0 Å². The fourth-order valence-electron chi connectivity index (χ4n) is 2.01. The first-order valence-corrected chi connectivity index (χ1v) is 7.24. The summed E-state index contributed by atoms with van der Waals surface area (Å²) in [4.78, 5) is 13.8. The van der Waals surface area contributed by atoms with E-state index in [0.29, 0.717) is 36.1 Å². The third kappa shape index (κ3) is 3.80. The van der Waals surface area contributed by atoms with E-state index in [1.165, 1.54) is 4.90 Å². The van der Waals surface area contributed by atoms with E-state index in [0.717, 1.165) is 6.42 Å². The normalized spacial score (nSPS) is 16.6. The number of hydrogen-bond donors (Lipinski definition) is 2. The van der Waals surface area contributed by atoms with Crippen molar-refractivity contribution in [2.75, 3.05) is 19.8 Å². The van der Waals surface area contributed by atoms with Crippen LogP contribution < -0.4 is 5.32 Å². The molecular weight excluding hydrogens is 288 g/mol. The number of ether oxygens (including phenoxy) is 1. The van der Waals surface area contributed by atoms with E-state index in [1.54, 1.807) is 30.3 Å². The number of hydrogen-bond acceptors (Lipinski definition) is 4. The highest BCUT2D eigenvalue weighted by Gasteiger charge is 2.30. The number of phenolic OH excluding ortho intramolecular Hbond substituents is 1. The first-order valence-electron chi connectivity index (χ1n) is 6.83. The third-order valence-electron chi connectivity index (χ3n) is 3.07. The van der Waals surface area contributed by atoms with E-state index < -0.39 is 0 Å². The maximum atomic E-state index is 12.3. The quantitative estimate of drug-likeness (QED) is 0.477. The van der Waals surface area contributed by atoms with E-state index in [4.69, 9.17) is 17.0 Å². The molecule has 0 aromatic heterocycles. The number of benzene rings is 1. The molecule has 2 rings (SSSR count). The maximum Gasteiger partial charge on any atom is 0.276 e. The van der Waals surface area contributed by atoms with Gasteiger partial charge in [-0.1, -0.05) is 18.2 Å². The van der Waals surface area contributed by atoms with Crippen molar-refractivity contribution in [3.05, 3.63) is 35.5 Å². The highest BCUT2D eigenvalue weighted by molar-refractivity contribution is 7.80. The van der Waals surface area contributed by atoms with Crippen LogP contribution in [0.25, 0.3) is 6.08 Å². The van der Waals surface area contributed by atoms with Crippen LogP contribution >= 0.6 is 12.2 Å². The molecule has 112 valence electrons. The van der Waals surface area contributed by atoms with Crippen LogP contribution in [-0.4, -0.2) is 40.8 Å². The summed E-state index contributed by atoms with van der Waals surface area (Å²) in [7, 11) is 0. The molecule has 0 spiro atoms. The highest BCUT2D eigenvalue weighted by atomic mass is 32.1. The van der Waals surface area contributed by atoms with Crippen LogP contribution in [0.2, 0.25) is 0 Å². The van der Waals surface area contributed by atoms with Gasteiger partial charge in [0.25, 0.3) is 5.91 Å². The van der Waals surface area contributed by atoms with E-state index in [9.17, 15) is 9.90 Å². The van der Waals surface area contributed by atoms with E-state index in [2.05, 4.69) is 5.32 Å². The summed E-state index contributed by atoms with van der Waals surface area (Å²) in [6.45, 7) is 3.71. The van der Waals surface area contributed by atoms with E-state index in [1.807, 2.05) is 6.92 Å². The van der Waals surface area contributed by atoms with Crippen molar-refractivity contribution in [2.24, 2.45) is 0 Å². The van der Waals surface area contributed by atoms with Crippen LogP contribution in [0.15, 0.2) is 30.0 Å². The Hall–Kier alpha value is -1.92. The Bertz CT molecular complexity index is 572. The molecule has 5 nitrogen and oxygen atoms in total. The molecule has 0 saturated carbocycles. The van der Waals surface area contributed by atoms with Gasteiger partial charge in [-0.05, 0) is 37.7 Å². The number of carbonyl (C=O) groups is 1. The molecule has 0 unspecified atom stereocenters. The summed E-state index contributed by atoms with van der Waals surface area (Å²) < 4.78 is 5.25. The summed E-state index contributed by atoms with van der Waals surface area (Å²) in [5.74, 6) is -0.0555. The molecule has 0 aliphatic carbocycles. The minimum Gasteiger partial charge on any atom is -0.507 e. The lowest BCUT2D eigenvalue weighted by Crippen LogP contribution is -2.32. The van der Waals surface area contributed by atoms with Gasteiger partial charge in [0.2, 0.25) is 0 Å². The lowest BCUT2D eigenvalue weighted by Gasteiger charge is -2.13. The molecule has 0 atom stereocenters. The third-order valence-corrected chi connectivity index (χ3v) is 3.40. The Morgan fingerprint density at radius 2 is 2.19 bits per heavy atom. The molecule has 1 heterocycles. The van der Waals surface area contributed by atoms with Crippen LogP contribution in [0.4, 0.5) is 0 Å². The van der Waals surface area contributed by atoms with Gasteiger partial charge in [0, 0.05) is 25.3 Å². The van der Waals surface area contributed by atoms with Gasteiger partial charge < -0.3 is 15.2 Å². The summed E-state index contributed by atoms with van der Waals surface area (Å²) in [5, 5.41) is 13.0. The number of nitrogens with one attached hydrogen (secondary N) is 1. The first kappa shape index (κ1) is 15.5. The molecule has 1 aliphatic rings. The number of aromatic hydroxyl groups is 1. The number of amides is 1. The first-order chi connectivity index (χ1) is 10.1. The van der Waals surface area contributed by atoms with E-state index in [-0.39, 0.29) is 11.7 Å². The van der Waals surface area contributed by atoms with Crippen molar-refractivity contribution in [2.45, 2.75) is 13.3 Å². The van der Waals surface area contributed by atoms with Gasteiger partial charge in [-0.3, -0.25) is 9.69 Å². The Morgan fingerprint density at radius 1 is 1.43 bits per heavy atom. The predicted molar refractivity (Wildman–Crippen MR) is 84.6 cm³/mol. The standard InChI is InChI=1S/C15H18N2O3S/c1-2-20-9-5-8-17-14(19)12(16-15(17)21)10-11-6-3-4-7-13(11)18/h3-4,6-7,10,18H,2,5,8-9H2,1H3,(H,16,21)/b12-10+. The van der Waals surface area contributed by atoms with Gasteiger partial charge >= 0.3 is 0 Å². The predicted octanol–water partition coefficient (Wildman–Crippen LogP) is 1.88.